The van der Waals surface area contributed by atoms with Gasteiger partial charge in [0.25, 0.3) is 0 Å². The first-order valence-corrected chi connectivity index (χ1v) is 7.21. The van der Waals surface area contributed by atoms with Gasteiger partial charge in [-0.2, -0.15) is 0 Å². The van der Waals surface area contributed by atoms with Gasteiger partial charge in [-0.25, -0.2) is 0 Å². The van der Waals surface area contributed by atoms with Crippen LogP contribution in [0.1, 0.15) is 33.1 Å². The minimum atomic E-state index is 0.0645. The van der Waals surface area contributed by atoms with E-state index in [1.807, 2.05) is 0 Å². The molecule has 108 valence electrons. The van der Waals surface area contributed by atoms with E-state index in [9.17, 15) is 0 Å². The Balaban J connectivity index is 2.53. The average molecular weight is 257 g/mol. The predicted octanol–water partition coefficient (Wildman–Crippen LogP) is 1.16. The fourth-order valence-electron chi connectivity index (χ4n) is 2.81. The molecule has 1 saturated heterocycles. The van der Waals surface area contributed by atoms with Crippen LogP contribution in [0, 0.1) is 0 Å². The van der Waals surface area contributed by atoms with Crippen molar-refractivity contribution in [3.63, 3.8) is 0 Å². The minimum absolute atomic E-state index is 0.0645. The smallest absolute Gasteiger partial charge is 0.0480 e. The van der Waals surface area contributed by atoms with Gasteiger partial charge in [0.1, 0.15) is 0 Å². The molecule has 1 aliphatic heterocycles. The normalized spacial score (nSPS) is 22.3. The molecular formula is C14H31N3O. The van der Waals surface area contributed by atoms with Crippen LogP contribution in [0.5, 0.6) is 0 Å². The number of nitrogens with zero attached hydrogens (tertiary/aromatic N) is 2. The third-order valence-corrected chi connectivity index (χ3v) is 4.69. The largest absolute Gasteiger partial charge is 0.385 e. The van der Waals surface area contributed by atoms with Gasteiger partial charge in [-0.1, -0.05) is 6.92 Å². The van der Waals surface area contributed by atoms with Crippen LogP contribution in [-0.2, 0) is 4.74 Å². The van der Waals surface area contributed by atoms with Crippen LogP contribution in [0.3, 0.4) is 0 Å². The van der Waals surface area contributed by atoms with Gasteiger partial charge in [0.05, 0.1) is 0 Å². The van der Waals surface area contributed by atoms with E-state index in [0.29, 0.717) is 12.6 Å². The SMILES string of the molecule is CCN1CCC(N(C)C(C)(CN)CCOC)CC1. The molecule has 1 atom stereocenters. The van der Waals surface area contributed by atoms with E-state index in [2.05, 4.69) is 30.7 Å². The molecule has 0 spiro atoms. The molecule has 0 aromatic heterocycles. The number of methoxy groups -OCH3 is 1. The van der Waals surface area contributed by atoms with Crippen molar-refractivity contribution in [2.45, 2.75) is 44.7 Å². The highest BCUT2D eigenvalue weighted by atomic mass is 16.5. The van der Waals surface area contributed by atoms with Crippen molar-refractivity contribution in [3.05, 3.63) is 0 Å². The first-order chi connectivity index (χ1) is 8.57. The second-order valence-electron chi connectivity index (χ2n) is 5.72. The third kappa shape index (κ3) is 3.92. The maximum atomic E-state index is 6.00. The van der Waals surface area contributed by atoms with Gasteiger partial charge in [-0.3, -0.25) is 4.90 Å². The maximum absolute atomic E-state index is 6.00. The van der Waals surface area contributed by atoms with Crippen molar-refractivity contribution in [3.8, 4) is 0 Å². The number of piperidine rings is 1. The lowest BCUT2D eigenvalue weighted by Crippen LogP contribution is -2.56. The Labute approximate surface area is 112 Å². The summed E-state index contributed by atoms with van der Waals surface area (Å²) in [6, 6.07) is 0.665. The summed E-state index contributed by atoms with van der Waals surface area (Å²) in [5, 5.41) is 0. The van der Waals surface area contributed by atoms with E-state index in [0.717, 1.165) is 13.0 Å². The molecule has 0 radical (unpaired) electrons. The molecule has 18 heavy (non-hydrogen) atoms. The number of likely N-dealkylation sites (N-methyl/N-ethyl adjacent to an activating group) is 1. The Morgan fingerprint density at radius 3 is 2.44 bits per heavy atom. The van der Waals surface area contributed by atoms with Crippen molar-refractivity contribution >= 4 is 0 Å². The summed E-state index contributed by atoms with van der Waals surface area (Å²) in [4.78, 5) is 5.03. The summed E-state index contributed by atoms with van der Waals surface area (Å²) in [7, 11) is 3.99. The molecule has 0 bridgehead atoms. The van der Waals surface area contributed by atoms with Crippen LogP contribution in [0.4, 0.5) is 0 Å². The summed E-state index contributed by atoms with van der Waals surface area (Å²) in [5.41, 5.74) is 6.07. The van der Waals surface area contributed by atoms with E-state index in [1.54, 1.807) is 7.11 Å². The Hall–Kier alpha value is -0.160. The fourth-order valence-corrected chi connectivity index (χ4v) is 2.81. The number of hydrogen-bond donors (Lipinski definition) is 1. The third-order valence-electron chi connectivity index (χ3n) is 4.69. The van der Waals surface area contributed by atoms with Crippen molar-refractivity contribution < 1.29 is 4.74 Å². The minimum Gasteiger partial charge on any atom is -0.385 e. The van der Waals surface area contributed by atoms with Crippen LogP contribution in [0.15, 0.2) is 0 Å². The lowest BCUT2D eigenvalue weighted by molar-refractivity contribution is 0.0289. The van der Waals surface area contributed by atoms with Crippen molar-refractivity contribution in [2.75, 3.05) is 46.9 Å². The Bertz CT molecular complexity index is 229. The molecule has 0 amide bonds. The number of nitrogens with two attached hydrogens (primary N) is 1. The lowest BCUT2D eigenvalue weighted by Gasteiger charge is -2.46. The Morgan fingerprint density at radius 1 is 1.39 bits per heavy atom. The van der Waals surface area contributed by atoms with E-state index in [4.69, 9.17) is 10.5 Å². The molecule has 0 aromatic rings. The molecule has 0 saturated carbocycles. The van der Waals surface area contributed by atoms with E-state index in [1.165, 1.54) is 32.5 Å². The van der Waals surface area contributed by atoms with Crippen molar-refractivity contribution in [1.29, 1.82) is 0 Å². The van der Waals surface area contributed by atoms with Crippen LogP contribution >= 0.6 is 0 Å². The second-order valence-corrected chi connectivity index (χ2v) is 5.72. The topological polar surface area (TPSA) is 41.7 Å². The highest BCUT2D eigenvalue weighted by Gasteiger charge is 2.33. The summed E-state index contributed by atoms with van der Waals surface area (Å²) < 4.78 is 5.22. The van der Waals surface area contributed by atoms with Gasteiger partial charge >= 0.3 is 0 Å². The summed E-state index contributed by atoms with van der Waals surface area (Å²) in [6.07, 6.45) is 3.52. The highest BCUT2D eigenvalue weighted by molar-refractivity contribution is 4.91. The van der Waals surface area contributed by atoms with E-state index >= 15 is 0 Å². The van der Waals surface area contributed by atoms with Crippen molar-refractivity contribution in [1.82, 2.24) is 9.80 Å². The van der Waals surface area contributed by atoms with E-state index in [-0.39, 0.29) is 5.54 Å². The van der Waals surface area contributed by atoms with Crippen LogP contribution in [-0.4, -0.2) is 68.3 Å². The molecule has 2 N–H and O–H groups in total. The molecule has 1 aliphatic rings. The van der Waals surface area contributed by atoms with Gasteiger partial charge < -0.3 is 15.4 Å². The molecule has 1 fully saturated rings. The maximum Gasteiger partial charge on any atom is 0.0480 e. The zero-order valence-electron chi connectivity index (χ0n) is 12.6. The molecule has 0 aromatic carbocycles. The Kier molecular flexibility index (Phi) is 6.57. The number of likely N-dealkylation sites (tertiary alicyclic amines) is 1. The summed E-state index contributed by atoms with van der Waals surface area (Å²) >= 11 is 0. The molecule has 1 rings (SSSR count). The second kappa shape index (κ2) is 7.43. The average Bonchev–Trinajstić information content (AvgIpc) is 2.44. The van der Waals surface area contributed by atoms with Crippen molar-refractivity contribution in [2.24, 2.45) is 5.73 Å². The molecule has 4 nitrogen and oxygen atoms in total. The summed E-state index contributed by atoms with van der Waals surface area (Å²) in [5.74, 6) is 0. The molecule has 4 heteroatoms. The number of ether oxygens (including phenoxy) is 1. The first kappa shape index (κ1) is 15.9. The zero-order valence-corrected chi connectivity index (χ0v) is 12.6. The van der Waals surface area contributed by atoms with Gasteiger partial charge in [0.15, 0.2) is 0 Å². The fraction of sp³-hybridized carbons (Fsp3) is 1.00. The molecule has 1 heterocycles. The van der Waals surface area contributed by atoms with Gasteiger partial charge in [-0.05, 0) is 52.9 Å². The van der Waals surface area contributed by atoms with Gasteiger partial charge in [0, 0.05) is 31.8 Å². The molecular weight excluding hydrogens is 226 g/mol. The van der Waals surface area contributed by atoms with Gasteiger partial charge in [-0.15, -0.1) is 0 Å². The number of hydrogen-bond acceptors (Lipinski definition) is 4. The molecule has 0 aliphatic carbocycles. The predicted molar refractivity (Wildman–Crippen MR) is 76.9 cm³/mol. The van der Waals surface area contributed by atoms with Gasteiger partial charge in [0.2, 0.25) is 0 Å². The quantitative estimate of drug-likeness (QED) is 0.743. The first-order valence-electron chi connectivity index (χ1n) is 7.21. The van der Waals surface area contributed by atoms with Crippen LogP contribution in [0.25, 0.3) is 0 Å². The standard InChI is InChI=1S/C14H31N3O/c1-5-17-9-6-13(7-10-17)16(3)14(2,12-15)8-11-18-4/h13H,5-12,15H2,1-4H3. The zero-order chi connectivity index (χ0) is 13.6. The summed E-state index contributed by atoms with van der Waals surface area (Å²) in [6.45, 7) is 9.60. The lowest BCUT2D eigenvalue weighted by atomic mass is 9.91. The number of rotatable bonds is 7. The Morgan fingerprint density at radius 2 is 2.00 bits per heavy atom. The van der Waals surface area contributed by atoms with Crippen LogP contribution < -0.4 is 5.73 Å². The van der Waals surface area contributed by atoms with Crippen LogP contribution in [0.2, 0.25) is 0 Å². The monoisotopic (exact) mass is 257 g/mol. The highest BCUT2D eigenvalue weighted by Crippen LogP contribution is 2.25. The molecule has 1 unspecified atom stereocenters. The van der Waals surface area contributed by atoms with E-state index < -0.39 is 0 Å².